The quantitative estimate of drug-likeness (QED) is 0.371. The minimum atomic E-state index is -0.527. The maximum absolute atomic E-state index is 9.70. The second-order valence-corrected chi connectivity index (χ2v) is 3.46. The topological polar surface area (TPSA) is 63.9 Å². The molecule has 3 N–H and O–H groups in total. The van der Waals surface area contributed by atoms with Gasteiger partial charge in [0.2, 0.25) is 0 Å². The number of hydrogen-bond donors (Lipinski definition) is 3. The first-order valence-electron chi connectivity index (χ1n) is 5.40. The van der Waals surface area contributed by atoms with Crippen LogP contribution >= 0.6 is 0 Å². The minimum Gasteiger partial charge on any atom is -0.395 e. The number of hydrogen-bond acceptors (Lipinski definition) is 4. The summed E-state index contributed by atoms with van der Waals surface area (Å²) >= 11 is 0. The molecule has 0 aromatic carbocycles. The predicted molar refractivity (Wildman–Crippen MR) is 55.9 cm³/mol. The van der Waals surface area contributed by atoms with E-state index < -0.39 is 6.23 Å². The van der Waals surface area contributed by atoms with E-state index in [1.807, 2.05) is 0 Å². The third kappa shape index (κ3) is 6.32. The summed E-state index contributed by atoms with van der Waals surface area (Å²) in [5, 5.41) is 27.2. The van der Waals surface area contributed by atoms with Gasteiger partial charge < -0.3 is 15.3 Å². The fourth-order valence-corrected chi connectivity index (χ4v) is 1.43. The van der Waals surface area contributed by atoms with Crippen LogP contribution in [-0.4, -0.2) is 52.8 Å². The van der Waals surface area contributed by atoms with Gasteiger partial charge in [-0.2, -0.15) is 0 Å². The highest BCUT2D eigenvalue weighted by atomic mass is 16.3. The van der Waals surface area contributed by atoms with Gasteiger partial charge in [-0.3, -0.25) is 4.90 Å². The molecule has 4 nitrogen and oxygen atoms in total. The average Bonchev–Trinajstić information content (AvgIpc) is 2.18. The van der Waals surface area contributed by atoms with E-state index in [4.69, 9.17) is 10.2 Å². The summed E-state index contributed by atoms with van der Waals surface area (Å²) in [7, 11) is 0. The molecular formula is C10H23NO3. The van der Waals surface area contributed by atoms with Crippen LogP contribution in [0.2, 0.25) is 0 Å². The Morgan fingerprint density at radius 3 is 2.07 bits per heavy atom. The summed E-state index contributed by atoms with van der Waals surface area (Å²) in [6, 6.07) is 0. The molecule has 14 heavy (non-hydrogen) atoms. The van der Waals surface area contributed by atoms with Gasteiger partial charge in [-0.15, -0.1) is 0 Å². The van der Waals surface area contributed by atoms with Crippen molar-refractivity contribution < 1.29 is 15.3 Å². The van der Waals surface area contributed by atoms with E-state index in [1.54, 1.807) is 4.90 Å². The first-order chi connectivity index (χ1) is 6.76. The molecule has 0 aliphatic heterocycles. The lowest BCUT2D eigenvalue weighted by atomic mass is 10.2. The van der Waals surface area contributed by atoms with Crippen molar-refractivity contribution in [2.45, 2.75) is 38.8 Å². The predicted octanol–water partition coefficient (Wildman–Crippen LogP) is 0.172. The summed E-state index contributed by atoms with van der Waals surface area (Å²) in [6.45, 7) is 3.00. The van der Waals surface area contributed by atoms with Crippen LogP contribution in [0, 0.1) is 0 Å². The summed E-state index contributed by atoms with van der Waals surface area (Å²) in [5.74, 6) is 0. The third-order valence-electron chi connectivity index (χ3n) is 2.26. The molecule has 0 aliphatic carbocycles. The molecule has 86 valence electrons. The Bertz CT molecular complexity index is 116. The molecule has 0 aliphatic rings. The van der Waals surface area contributed by atoms with Gasteiger partial charge in [0, 0.05) is 13.1 Å². The van der Waals surface area contributed by atoms with Crippen LogP contribution in [0.1, 0.15) is 32.6 Å². The highest BCUT2D eigenvalue weighted by Crippen LogP contribution is 2.07. The molecule has 0 saturated heterocycles. The Balaban J connectivity index is 3.69. The van der Waals surface area contributed by atoms with Gasteiger partial charge in [0.25, 0.3) is 0 Å². The van der Waals surface area contributed by atoms with E-state index in [2.05, 4.69) is 6.92 Å². The molecule has 0 aromatic rings. The lowest BCUT2D eigenvalue weighted by Crippen LogP contribution is -2.39. The van der Waals surface area contributed by atoms with Gasteiger partial charge in [0.1, 0.15) is 6.23 Å². The lowest BCUT2D eigenvalue weighted by Gasteiger charge is -2.26. The highest BCUT2D eigenvalue weighted by molar-refractivity contribution is 4.61. The van der Waals surface area contributed by atoms with Crippen molar-refractivity contribution in [1.82, 2.24) is 4.90 Å². The molecule has 0 aromatic heterocycles. The van der Waals surface area contributed by atoms with Gasteiger partial charge in [-0.1, -0.05) is 19.8 Å². The molecule has 0 fully saturated rings. The van der Waals surface area contributed by atoms with E-state index >= 15 is 0 Å². The molecule has 0 bridgehead atoms. The molecule has 1 unspecified atom stereocenters. The summed E-state index contributed by atoms with van der Waals surface area (Å²) in [4.78, 5) is 1.70. The zero-order valence-electron chi connectivity index (χ0n) is 9.02. The van der Waals surface area contributed by atoms with Gasteiger partial charge >= 0.3 is 0 Å². The fraction of sp³-hybridized carbons (Fsp3) is 1.00. The molecule has 0 amide bonds. The molecule has 0 rings (SSSR count). The first-order valence-corrected chi connectivity index (χ1v) is 5.40. The van der Waals surface area contributed by atoms with Crippen molar-refractivity contribution in [1.29, 1.82) is 0 Å². The molecule has 0 saturated carbocycles. The van der Waals surface area contributed by atoms with Crippen molar-refractivity contribution in [3.8, 4) is 0 Å². The minimum absolute atomic E-state index is 0.0187. The van der Waals surface area contributed by atoms with Gasteiger partial charge in [-0.05, 0) is 12.8 Å². The van der Waals surface area contributed by atoms with Gasteiger partial charge in [0.15, 0.2) is 0 Å². The zero-order valence-corrected chi connectivity index (χ0v) is 9.02. The summed E-state index contributed by atoms with van der Waals surface area (Å²) in [5.41, 5.74) is 0. The van der Waals surface area contributed by atoms with E-state index in [0.29, 0.717) is 19.5 Å². The van der Waals surface area contributed by atoms with Crippen LogP contribution in [0.4, 0.5) is 0 Å². The average molecular weight is 205 g/mol. The Morgan fingerprint density at radius 1 is 1.07 bits per heavy atom. The smallest absolute Gasteiger partial charge is 0.107 e. The molecule has 1 atom stereocenters. The number of nitrogens with zero attached hydrogens (tertiary/aromatic N) is 1. The van der Waals surface area contributed by atoms with Gasteiger partial charge in [-0.25, -0.2) is 0 Å². The Kier molecular flexibility index (Phi) is 9.29. The Labute approximate surface area is 86.2 Å². The largest absolute Gasteiger partial charge is 0.395 e. The van der Waals surface area contributed by atoms with Crippen LogP contribution < -0.4 is 0 Å². The van der Waals surface area contributed by atoms with Crippen molar-refractivity contribution in [3.63, 3.8) is 0 Å². The van der Waals surface area contributed by atoms with Crippen molar-refractivity contribution in [2.24, 2.45) is 0 Å². The summed E-state index contributed by atoms with van der Waals surface area (Å²) < 4.78 is 0. The maximum atomic E-state index is 9.70. The standard InChI is InChI=1S/C10H23NO3/c1-2-3-4-5-10(14)11(6-8-12)7-9-13/h10,12-14H,2-9H2,1H3. The molecular weight excluding hydrogens is 182 g/mol. The SMILES string of the molecule is CCCCCC(O)N(CCO)CCO. The van der Waals surface area contributed by atoms with Crippen molar-refractivity contribution in [3.05, 3.63) is 0 Å². The zero-order chi connectivity index (χ0) is 10.8. The monoisotopic (exact) mass is 205 g/mol. The van der Waals surface area contributed by atoms with Crippen LogP contribution in [0.25, 0.3) is 0 Å². The molecule has 0 radical (unpaired) electrons. The molecule has 0 heterocycles. The van der Waals surface area contributed by atoms with E-state index in [0.717, 1.165) is 19.3 Å². The Morgan fingerprint density at radius 2 is 1.64 bits per heavy atom. The number of rotatable bonds is 9. The number of aliphatic hydroxyl groups excluding tert-OH is 3. The van der Waals surface area contributed by atoms with Crippen LogP contribution in [0.15, 0.2) is 0 Å². The van der Waals surface area contributed by atoms with E-state index in [-0.39, 0.29) is 13.2 Å². The highest BCUT2D eigenvalue weighted by Gasteiger charge is 2.13. The second kappa shape index (κ2) is 9.40. The van der Waals surface area contributed by atoms with Gasteiger partial charge in [0.05, 0.1) is 13.2 Å². The number of aliphatic hydroxyl groups is 3. The summed E-state index contributed by atoms with van der Waals surface area (Å²) in [6.07, 6.45) is 3.43. The van der Waals surface area contributed by atoms with E-state index in [1.165, 1.54) is 0 Å². The van der Waals surface area contributed by atoms with Crippen LogP contribution in [0.5, 0.6) is 0 Å². The first kappa shape index (κ1) is 13.8. The molecule has 0 spiro atoms. The molecule has 4 heteroatoms. The normalized spacial score (nSPS) is 13.5. The second-order valence-electron chi connectivity index (χ2n) is 3.46. The van der Waals surface area contributed by atoms with E-state index in [9.17, 15) is 5.11 Å². The third-order valence-corrected chi connectivity index (χ3v) is 2.26. The Hall–Kier alpha value is -0.160. The van der Waals surface area contributed by atoms with Crippen LogP contribution in [-0.2, 0) is 0 Å². The van der Waals surface area contributed by atoms with Crippen molar-refractivity contribution >= 4 is 0 Å². The van der Waals surface area contributed by atoms with Crippen molar-refractivity contribution in [2.75, 3.05) is 26.3 Å². The lowest BCUT2D eigenvalue weighted by molar-refractivity contribution is -0.0204. The van der Waals surface area contributed by atoms with Crippen LogP contribution in [0.3, 0.4) is 0 Å². The number of unbranched alkanes of at least 4 members (excludes halogenated alkanes) is 2. The maximum Gasteiger partial charge on any atom is 0.107 e. The fourth-order valence-electron chi connectivity index (χ4n) is 1.43.